The molecule has 0 bridgehead atoms. The minimum atomic E-state index is 0.0467. The third-order valence-corrected chi connectivity index (χ3v) is 5.52. The van der Waals surface area contributed by atoms with Gasteiger partial charge in [-0.25, -0.2) is 0 Å². The molecule has 0 aromatic heterocycles. The Balaban J connectivity index is 3.00. The van der Waals surface area contributed by atoms with Crippen molar-refractivity contribution in [3.63, 3.8) is 0 Å². The number of nitrogens with zero attached hydrogens (tertiary/aromatic N) is 1. The topological polar surface area (TPSA) is 32.3 Å². The summed E-state index contributed by atoms with van der Waals surface area (Å²) in [5.41, 5.74) is 0.0935. The Morgan fingerprint density at radius 2 is 1.48 bits per heavy atom. The predicted molar refractivity (Wildman–Crippen MR) is 109 cm³/mol. The van der Waals surface area contributed by atoms with E-state index in [0.29, 0.717) is 13.1 Å². The molecular formula is C22H40N2O. The number of carbonyl (C=O) groups excluding carboxylic acids is 1. The zero-order valence-electron chi connectivity index (χ0n) is 17.1. The number of nitrogens with one attached hydrogen (secondary N) is 1. The molecule has 0 spiro atoms. The molecule has 1 aliphatic rings. The van der Waals surface area contributed by atoms with Gasteiger partial charge in [-0.05, 0) is 39.5 Å². The molecule has 3 heteroatoms. The van der Waals surface area contributed by atoms with Crippen LogP contribution in [0.3, 0.4) is 0 Å². The molecule has 0 aromatic carbocycles. The lowest BCUT2D eigenvalue weighted by Crippen LogP contribution is -2.62. The first-order chi connectivity index (χ1) is 11.8. The Hall–Kier alpha value is -1.09. The number of rotatable bonds is 11. The first kappa shape index (κ1) is 22.0. The Bertz CT molecular complexity index is 415. The van der Waals surface area contributed by atoms with Crippen LogP contribution in [0.1, 0.15) is 79.1 Å². The van der Waals surface area contributed by atoms with Crippen LogP contribution >= 0.6 is 0 Å². The average Bonchev–Trinajstić information content (AvgIpc) is 2.57. The second kappa shape index (κ2) is 10.2. The van der Waals surface area contributed by atoms with E-state index in [9.17, 15) is 4.79 Å². The highest BCUT2D eigenvalue weighted by atomic mass is 16.2. The minimum absolute atomic E-state index is 0.0467. The molecule has 0 saturated carbocycles. The van der Waals surface area contributed by atoms with Gasteiger partial charge in [-0.3, -0.25) is 4.79 Å². The summed E-state index contributed by atoms with van der Waals surface area (Å²) < 4.78 is 0. The molecule has 25 heavy (non-hydrogen) atoms. The Kier molecular flexibility index (Phi) is 8.92. The van der Waals surface area contributed by atoms with Crippen LogP contribution in [0.4, 0.5) is 0 Å². The highest BCUT2D eigenvalue weighted by Gasteiger charge is 2.45. The first-order valence-electron chi connectivity index (χ1n) is 10.1. The second-order valence-corrected chi connectivity index (χ2v) is 8.38. The van der Waals surface area contributed by atoms with Crippen molar-refractivity contribution in [2.75, 3.05) is 13.1 Å². The van der Waals surface area contributed by atoms with Crippen LogP contribution in [0, 0.1) is 5.92 Å². The zero-order valence-corrected chi connectivity index (χ0v) is 17.1. The van der Waals surface area contributed by atoms with E-state index in [2.05, 4.69) is 46.2 Å². The van der Waals surface area contributed by atoms with Crippen LogP contribution in [0.15, 0.2) is 25.3 Å². The van der Waals surface area contributed by atoms with E-state index in [1.807, 2.05) is 17.1 Å². The van der Waals surface area contributed by atoms with Gasteiger partial charge in [0, 0.05) is 30.1 Å². The lowest BCUT2D eigenvalue weighted by atomic mass is 9.70. The van der Waals surface area contributed by atoms with Gasteiger partial charge in [-0.15, -0.1) is 13.2 Å². The summed E-state index contributed by atoms with van der Waals surface area (Å²) in [7, 11) is 0. The summed E-state index contributed by atoms with van der Waals surface area (Å²) in [5, 5.41) is 3.95. The van der Waals surface area contributed by atoms with Crippen LogP contribution in [0.25, 0.3) is 0 Å². The molecule has 2 unspecified atom stereocenters. The smallest absolute Gasteiger partial charge is 0.226 e. The van der Waals surface area contributed by atoms with Crippen molar-refractivity contribution >= 4 is 5.91 Å². The fraction of sp³-hybridized carbons (Fsp3) is 0.773. The monoisotopic (exact) mass is 348 g/mol. The third kappa shape index (κ3) is 6.62. The number of hydrogen-bond donors (Lipinski definition) is 1. The number of amides is 1. The Labute approximate surface area is 155 Å². The van der Waals surface area contributed by atoms with E-state index in [0.717, 1.165) is 25.7 Å². The molecule has 1 heterocycles. The molecule has 0 aromatic rings. The maximum atomic E-state index is 13.2. The number of unbranched alkanes of at least 4 members (excludes halogenated alkanes) is 2. The van der Waals surface area contributed by atoms with Gasteiger partial charge in [-0.1, -0.05) is 51.7 Å². The van der Waals surface area contributed by atoms with Crippen LogP contribution in [-0.2, 0) is 4.79 Å². The van der Waals surface area contributed by atoms with E-state index in [1.165, 1.54) is 25.7 Å². The number of hydrogen-bond acceptors (Lipinski definition) is 2. The average molecular weight is 349 g/mol. The van der Waals surface area contributed by atoms with Crippen LogP contribution < -0.4 is 5.32 Å². The summed E-state index contributed by atoms with van der Waals surface area (Å²) in [6.45, 7) is 17.9. The summed E-state index contributed by atoms with van der Waals surface area (Å²) in [4.78, 5) is 15.1. The highest BCUT2D eigenvalue weighted by molar-refractivity contribution is 5.79. The van der Waals surface area contributed by atoms with Crippen LogP contribution in [0.5, 0.6) is 0 Å². The van der Waals surface area contributed by atoms with Crippen molar-refractivity contribution in [2.45, 2.75) is 90.1 Å². The maximum absolute atomic E-state index is 13.2. The normalized spacial score (nSPS) is 29.2. The molecule has 0 radical (unpaired) electrons. The second-order valence-electron chi connectivity index (χ2n) is 8.38. The van der Waals surface area contributed by atoms with E-state index in [1.54, 1.807) is 0 Å². The molecule has 0 aliphatic carbocycles. The van der Waals surface area contributed by atoms with Gasteiger partial charge in [0.2, 0.25) is 5.91 Å². The molecule has 1 amide bonds. The largest absolute Gasteiger partial charge is 0.335 e. The maximum Gasteiger partial charge on any atom is 0.226 e. The van der Waals surface area contributed by atoms with E-state index < -0.39 is 0 Å². The molecule has 1 N–H and O–H groups in total. The molecule has 1 saturated heterocycles. The minimum Gasteiger partial charge on any atom is -0.335 e. The number of piperidine rings is 1. The predicted octanol–water partition coefficient (Wildman–Crippen LogP) is 5.08. The summed E-state index contributed by atoms with van der Waals surface area (Å²) in [5.74, 6) is 0.358. The third-order valence-electron chi connectivity index (χ3n) is 5.52. The van der Waals surface area contributed by atoms with E-state index in [-0.39, 0.29) is 22.9 Å². The van der Waals surface area contributed by atoms with Crippen molar-refractivity contribution in [2.24, 2.45) is 5.92 Å². The van der Waals surface area contributed by atoms with Crippen molar-refractivity contribution in [3.8, 4) is 0 Å². The summed E-state index contributed by atoms with van der Waals surface area (Å²) in [6.07, 6.45) is 12.6. The standard InChI is InChI=1S/C22H40N2O/c1-7-11-13-21(5)17-19(18-22(6,23-21)14-12-8-2)20(25)24(15-9-3)16-10-4/h9-10,19,23H,3-4,7-8,11-18H2,1-2,5-6H3. The van der Waals surface area contributed by atoms with Gasteiger partial charge < -0.3 is 10.2 Å². The van der Waals surface area contributed by atoms with Gasteiger partial charge in [0.1, 0.15) is 0 Å². The van der Waals surface area contributed by atoms with E-state index in [4.69, 9.17) is 0 Å². The van der Waals surface area contributed by atoms with Crippen molar-refractivity contribution < 1.29 is 4.79 Å². The molecule has 3 nitrogen and oxygen atoms in total. The first-order valence-corrected chi connectivity index (χ1v) is 10.1. The van der Waals surface area contributed by atoms with Crippen LogP contribution in [-0.4, -0.2) is 35.0 Å². The lowest BCUT2D eigenvalue weighted by Gasteiger charge is -2.50. The summed E-state index contributed by atoms with van der Waals surface area (Å²) in [6, 6.07) is 0. The van der Waals surface area contributed by atoms with Crippen molar-refractivity contribution in [3.05, 3.63) is 25.3 Å². The van der Waals surface area contributed by atoms with Crippen molar-refractivity contribution in [1.82, 2.24) is 10.2 Å². The SMILES string of the molecule is C=CCN(CC=C)C(=O)C1CC(C)(CCCC)NC(C)(CCCC)C1. The Morgan fingerprint density at radius 3 is 1.84 bits per heavy atom. The fourth-order valence-corrected chi connectivity index (χ4v) is 4.45. The van der Waals surface area contributed by atoms with Gasteiger partial charge in [0.05, 0.1) is 0 Å². The molecular weight excluding hydrogens is 308 g/mol. The molecule has 1 aliphatic heterocycles. The molecule has 1 rings (SSSR count). The van der Waals surface area contributed by atoms with Gasteiger partial charge in [-0.2, -0.15) is 0 Å². The van der Waals surface area contributed by atoms with E-state index >= 15 is 0 Å². The number of carbonyl (C=O) groups is 1. The fourth-order valence-electron chi connectivity index (χ4n) is 4.45. The van der Waals surface area contributed by atoms with Gasteiger partial charge in [0.15, 0.2) is 0 Å². The van der Waals surface area contributed by atoms with Gasteiger partial charge in [0.25, 0.3) is 0 Å². The van der Waals surface area contributed by atoms with Gasteiger partial charge >= 0.3 is 0 Å². The molecule has 1 fully saturated rings. The molecule has 2 atom stereocenters. The van der Waals surface area contributed by atoms with Crippen molar-refractivity contribution in [1.29, 1.82) is 0 Å². The summed E-state index contributed by atoms with van der Waals surface area (Å²) >= 11 is 0. The zero-order chi connectivity index (χ0) is 18.9. The lowest BCUT2D eigenvalue weighted by molar-refractivity contribution is -0.138. The Morgan fingerprint density at radius 1 is 1.04 bits per heavy atom. The quantitative estimate of drug-likeness (QED) is 0.528. The van der Waals surface area contributed by atoms with Crippen LogP contribution in [0.2, 0.25) is 0 Å². The highest BCUT2D eigenvalue weighted by Crippen LogP contribution is 2.39. The molecule has 144 valence electrons.